The van der Waals surface area contributed by atoms with Crippen LogP contribution in [0.1, 0.15) is 24.5 Å². The number of fused-ring (bicyclic) bond motifs is 3. The first-order valence-corrected chi connectivity index (χ1v) is 5.66. The predicted octanol–water partition coefficient (Wildman–Crippen LogP) is 2.58. The molecule has 0 N–H and O–H groups in total. The van der Waals surface area contributed by atoms with E-state index in [0.717, 1.165) is 12.8 Å². The Kier molecular flexibility index (Phi) is 1.93. The van der Waals surface area contributed by atoms with E-state index >= 15 is 0 Å². The number of hydrogen-bond acceptors (Lipinski definition) is 2. The molecular formula is C14H14O2. The minimum absolute atomic E-state index is 0.0242. The Morgan fingerprint density at radius 2 is 2.19 bits per heavy atom. The predicted molar refractivity (Wildman–Crippen MR) is 61.8 cm³/mol. The number of carbonyl (C=O) groups excluding carboxylic acids is 1. The lowest BCUT2D eigenvalue weighted by Crippen LogP contribution is -2.20. The van der Waals surface area contributed by atoms with Crippen molar-refractivity contribution in [3.63, 3.8) is 0 Å². The van der Waals surface area contributed by atoms with E-state index in [-0.39, 0.29) is 11.9 Å². The van der Waals surface area contributed by atoms with Gasteiger partial charge >= 0.3 is 5.97 Å². The second kappa shape index (κ2) is 3.21. The Morgan fingerprint density at radius 3 is 3.06 bits per heavy atom. The highest BCUT2D eigenvalue weighted by molar-refractivity contribution is 5.77. The number of esters is 1. The lowest BCUT2D eigenvalue weighted by atomic mass is 9.86. The number of hydrogen-bond donors (Lipinski definition) is 0. The standard InChI is InChI=1S/C14H14O2/c1-14-7-6-10-4-2-3-5-11(10)8-12(9-14)13(15)16-14/h2-7,12H,8-9H2,1H3/b7-6-/t12-,14+/m0/s1. The first-order chi connectivity index (χ1) is 7.66. The van der Waals surface area contributed by atoms with E-state index in [1.807, 2.05) is 25.1 Å². The van der Waals surface area contributed by atoms with Crippen LogP contribution in [0.4, 0.5) is 0 Å². The quantitative estimate of drug-likeness (QED) is 0.620. The normalized spacial score (nSPS) is 33.6. The van der Waals surface area contributed by atoms with Crippen LogP contribution in [0.3, 0.4) is 0 Å². The Morgan fingerprint density at radius 1 is 1.38 bits per heavy atom. The number of ether oxygens (including phenoxy) is 1. The van der Waals surface area contributed by atoms with Gasteiger partial charge in [-0.2, -0.15) is 0 Å². The number of rotatable bonds is 0. The molecule has 2 heteroatoms. The molecule has 2 bridgehead atoms. The van der Waals surface area contributed by atoms with Crippen LogP contribution in [0, 0.1) is 5.92 Å². The fourth-order valence-electron chi connectivity index (χ4n) is 2.60. The lowest BCUT2D eigenvalue weighted by Gasteiger charge is -2.19. The van der Waals surface area contributed by atoms with Gasteiger partial charge in [0.15, 0.2) is 0 Å². The van der Waals surface area contributed by atoms with Crippen molar-refractivity contribution < 1.29 is 9.53 Å². The smallest absolute Gasteiger partial charge is 0.310 e. The van der Waals surface area contributed by atoms with Crippen LogP contribution in [0.15, 0.2) is 30.3 Å². The summed E-state index contributed by atoms with van der Waals surface area (Å²) in [5, 5.41) is 0. The second-order valence-corrected chi connectivity index (χ2v) is 4.87. The highest BCUT2D eigenvalue weighted by Gasteiger charge is 2.42. The van der Waals surface area contributed by atoms with Gasteiger partial charge in [-0.05, 0) is 30.5 Å². The van der Waals surface area contributed by atoms with Gasteiger partial charge in [0.1, 0.15) is 5.60 Å². The van der Waals surface area contributed by atoms with E-state index < -0.39 is 5.60 Å². The molecule has 0 unspecified atom stereocenters. The van der Waals surface area contributed by atoms with Gasteiger partial charge in [0.05, 0.1) is 5.92 Å². The van der Waals surface area contributed by atoms with E-state index in [1.54, 1.807) is 0 Å². The molecule has 3 rings (SSSR count). The molecule has 1 fully saturated rings. The Bertz CT molecular complexity index is 475. The molecule has 0 saturated carbocycles. The van der Waals surface area contributed by atoms with E-state index in [2.05, 4.69) is 18.2 Å². The van der Waals surface area contributed by atoms with E-state index in [1.165, 1.54) is 11.1 Å². The minimum Gasteiger partial charge on any atom is -0.455 e. The van der Waals surface area contributed by atoms with Crippen LogP contribution in [-0.2, 0) is 16.0 Å². The lowest BCUT2D eigenvalue weighted by molar-refractivity contribution is -0.146. The van der Waals surface area contributed by atoms with Crippen LogP contribution in [0.25, 0.3) is 6.08 Å². The molecule has 0 amide bonds. The van der Waals surface area contributed by atoms with Crippen molar-refractivity contribution in [3.8, 4) is 0 Å². The highest BCUT2D eigenvalue weighted by atomic mass is 16.6. The summed E-state index contributed by atoms with van der Waals surface area (Å²) in [6, 6.07) is 8.23. The average molecular weight is 214 g/mol. The van der Waals surface area contributed by atoms with Gasteiger partial charge in [0, 0.05) is 6.42 Å². The minimum atomic E-state index is -0.394. The molecule has 82 valence electrons. The molecule has 1 aliphatic heterocycles. The molecule has 2 nitrogen and oxygen atoms in total. The zero-order valence-electron chi connectivity index (χ0n) is 9.27. The van der Waals surface area contributed by atoms with Crippen molar-refractivity contribution >= 4 is 12.0 Å². The second-order valence-electron chi connectivity index (χ2n) is 4.87. The van der Waals surface area contributed by atoms with Gasteiger partial charge in [-0.1, -0.05) is 30.3 Å². The summed E-state index contributed by atoms with van der Waals surface area (Å²) < 4.78 is 5.44. The summed E-state index contributed by atoms with van der Waals surface area (Å²) >= 11 is 0. The van der Waals surface area contributed by atoms with Crippen LogP contribution in [-0.4, -0.2) is 11.6 Å². The molecule has 1 aromatic rings. The topological polar surface area (TPSA) is 26.3 Å². The van der Waals surface area contributed by atoms with Gasteiger partial charge in [0.2, 0.25) is 0 Å². The summed E-state index contributed by atoms with van der Waals surface area (Å²) in [5.74, 6) is -0.0278. The van der Waals surface area contributed by atoms with E-state index in [4.69, 9.17) is 4.74 Å². The number of carbonyl (C=O) groups is 1. The maximum Gasteiger partial charge on any atom is 0.310 e. The first kappa shape index (κ1) is 9.64. The fourth-order valence-corrected chi connectivity index (χ4v) is 2.60. The van der Waals surface area contributed by atoms with Crippen LogP contribution in [0.5, 0.6) is 0 Å². The largest absolute Gasteiger partial charge is 0.455 e. The van der Waals surface area contributed by atoms with E-state index in [0.29, 0.717) is 0 Å². The Hall–Kier alpha value is -1.57. The van der Waals surface area contributed by atoms with Crippen molar-refractivity contribution in [3.05, 3.63) is 41.5 Å². The zero-order chi connectivity index (χ0) is 11.2. The Labute approximate surface area is 94.9 Å². The molecule has 0 aromatic heterocycles. The summed E-state index contributed by atoms with van der Waals surface area (Å²) in [4.78, 5) is 11.7. The van der Waals surface area contributed by atoms with Crippen LogP contribution in [0.2, 0.25) is 0 Å². The fraction of sp³-hybridized carbons (Fsp3) is 0.357. The summed E-state index contributed by atoms with van der Waals surface area (Å²) in [6.07, 6.45) is 5.69. The molecule has 2 aliphatic rings. The molecule has 2 atom stereocenters. The van der Waals surface area contributed by atoms with Crippen molar-refractivity contribution in [2.24, 2.45) is 5.92 Å². The SMILES string of the molecule is C[C@@]12/C=C\c3ccccc3C[C@@H](C1)C(=O)O2. The first-order valence-electron chi connectivity index (χ1n) is 5.66. The van der Waals surface area contributed by atoms with Gasteiger partial charge in [0.25, 0.3) is 0 Å². The molecule has 1 heterocycles. The molecule has 0 spiro atoms. The molecule has 1 saturated heterocycles. The van der Waals surface area contributed by atoms with Gasteiger partial charge < -0.3 is 4.74 Å². The van der Waals surface area contributed by atoms with Crippen LogP contribution >= 0.6 is 0 Å². The Balaban J connectivity index is 2.10. The zero-order valence-corrected chi connectivity index (χ0v) is 9.27. The number of benzene rings is 1. The van der Waals surface area contributed by atoms with Gasteiger partial charge in [-0.15, -0.1) is 0 Å². The molecule has 16 heavy (non-hydrogen) atoms. The van der Waals surface area contributed by atoms with Crippen molar-refractivity contribution in [2.45, 2.75) is 25.4 Å². The monoisotopic (exact) mass is 214 g/mol. The van der Waals surface area contributed by atoms with Crippen LogP contribution < -0.4 is 0 Å². The maximum atomic E-state index is 11.7. The van der Waals surface area contributed by atoms with Gasteiger partial charge in [-0.3, -0.25) is 4.79 Å². The van der Waals surface area contributed by atoms with E-state index in [9.17, 15) is 4.79 Å². The molecule has 0 radical (unpaired) electrons. The highest BCUT2D eigenvalue weighted by Crippen LogP contribution is 2.37. The third kappa shape index (κ3) is 1.45. The van der Waals surface area contributed by atoms with Gasteiger partial charge in [-0.25, -0.2) is 0 Å². The maximum absolute atomic E-state index is 11.7. The average Bonchev–Trinajstić information content (AvgIpc) is 2.53. The summed E-state index contributed by atoms with van der Waals surface area (Å²) in [7, 11) is 0. The summed E-state index contributed by atoms with van der Waals surface area (Å²) in [6.45, 7) is 1.98. The summed E-state index contributed by atoms with van der Waals surface area (Å²) in [5.41, 5.74) is 2.05. The van der Waals surface area contributed by atoms with Crippen molar-refractivity contribution in [1.82, 2.24) is 0 Å². The molecule has 1 aromatic carbocycles. The van der Waals surface area contributed by atoms with Crippen molar-refractivity contribution in [1.29, 1.82) is 0 Å². The molecular weight excluding hydrogens is 200 g/mol. The van der Waals surface area contributed by atoms with Crippen molar-refractivity contribution in [2.75, 3.05) is 0 Å². The third-order valence-corrected chi connectivity index (χ3v) is 3.46. The molecule has 1 aliphatic carbocycles. The third-order valence-electron chi connectivity index (χ3n) is 3.46.